The first-order valence-electron chi connectivity index (χ1n) is 20.7. The van der Waals surface area contributed by atoms with Crippen molar-refractivity contribution in [2.24, 2.45) is 0 Å². The summed E-state index contributed by atoms with van der Waals surface area (Å²) < 4.78 is 2.47. The number of nitrogens with zero attached hydrogens (tertiary/aromatic N) is 4. The zero-order valence-corrected chi connectivity index (χ0v) is 33.1. The maximum Gasteiger partial charge on any atom is 0.164 e. The predicted molar refractivity (Wildman–Crippen MR) is 254 cm³/mol. The average Bonchev–Trinajstić information content (AvgIpc) is 3.66. The average molecular weight is 777 g/mol. The van der Waals surface area contributed by atoms with Crippen molar-refractivity contribution in [3.05, 3.63) is 218 Å². The van der Waals surface area contributed by atoms with Crippen LogP contribution >= 0.6 is 0 Å². The fraction of sp³-hybridized carbons (Fsp3) is 0. The molecule has 2 heterocycles. The van der Waals surface area contributed by atoms with E-state index >= 15 is 0 Å². The zero-order valence-electron chi connectivity index (χ0n) is 33.1. The molecule has 0 unspecified atom stereocenters. The van der Waals surface area contributed by atoms with Gasteiger partial charge in [-0.2, -0.15) is 0 Å². The Bertz CT molecular complexity index is 3640. The van der Waals surface area contributed by atoms with Crippen LogP contribution in [0.15, 0.2) is 218 Å². The third kappa shape index (κ3) is 6.04. The Morgan fingerprint density at radius 1 is 0.279 bits per heavy atom. The van der Waals surface area contributed by atoms with Gasteiger partial charge in [-0.3, -0.25) is 0 Å². The van der Waals surface area contributed by atoms with Crippen LogP contribution in [0.1, 0.15) is 0 Å². The van der Waals surface area contributed by atoms with Crippen LogP contribution < -0.4 is 0 Å². The Hall–Kier alpha value is -8.21. The Morgan fingerprint density at radius 2 is 0.820 bits per heavy atom. The molecule has 0 spiro atoms. The number of para-hydroxylation sites is 1. The second-order valence-corrected chi connectivity index (χ2v) is 15.6. The molecule has 0 amide bonds. The summed E-state index contributed by atoms with van der Waals surface area (Å²) >= 11 is 0. The number of aromatic nitrogens is 4. The third-order valence-corrected chi connectivity index (χ3v) is 12.0. The Labute approximate surface area is 352 Å². The summed E-state index contributed by atoms with van der Waals surface area (Å²) in [7, 11) is 0. The molecule has 0 saturated carbocycles. The molecule has 284 valence electrons. The lowest BCUT2D eigenvalue weighted by atomic mass is 10.00. The van der Waals surface area contributed by atoms with Crippen LogP contribution in [0.25, 0.3) is 116 Å². The van der Waals surface area contributed by atoms with Crippen LogP contribution in [0.3, 0.4) is 0 Å². The van der Waals surface area contributed by atoms with E-state index in [0.29, 0.717) is 17.5 Å². The van der Waals surface area contributed by atoms with E-state index in [1.165, 1.54) is 59.7 Å². The molecule has 0 atom stereocenters. The van der Waals surface area contributed by atoms with E-state index in [0.717, 1.165) is 39.1 Å². The molecule has 0 bridgehead atoms. The standard InChI is InChI=1S/C57H36N4/c1-2-15-40(16-3-1)55-58-56(41-28-25-38(26-29-41)45-30-27-37-13-4-5-17-42(37)33-45)60-57(59-55)47-21-12-20-46(34-47)48-22-10-11-24-52(48)61-53-36-44-19-7-6-18-43(44)35-51(53)50-32-31-39-14-8-9-23-49(39)54(50)61/h1-36H. The van der Waals surface area contributed by atoms with Gasteiger partial charge in [0, 0.05) is 38.4 Å². The maximum absolute atomic E-state index is 5.17. The lowest BCUT2D eigenvalue weighted by molar-refractivity contribution is 1.07. The minimum absolute atomic E-state index is 0.621. The summed E-state index contributed by atoms with van der Waals surface area (Å²) in [5.74, 6) is 1.88. The van der Waals surface area contributed by atoms with Crippen LogP contribution in [0, 0.1) is 0 Å². The Balaban J connectivity index is 1.01. The molecular formula is C57H36N4. The van der Waals surface area contributed by atoms with Gasteiger partial charge < -0.3 is 4.57 Å². The highest BCUT2D eigenvalue weighted by Crippen LogP contribution is 2.41. The summed E-state index contributed by atoms with van der Waals surface area (Å²) in [6.07, 6.45) is 0. The lowest BCUT2D eigenvalue weighted by Gasteiger charge is -2.16. The van der Waals surface area contributed by atoms with Gasteiger partial charge in [0.25, 0.3) is 0 Å². The molecule has 0 aliphatic heterocycles. The Morgan fingerprint density at radius 3 is 1.61 bits per heavy atom. The Kier molecular flexibility index (Phi) is 8.13. The van der Waals surface area contributed by atoms with Gasteiger partial charge in [0.05, 0.1) is 16.7 Å². The van der Waals surface area contributed by atoms with Gasteiger partial charge in [-0.25, -0.2) is 15.0 Å². The molecule has 2 aromatic heterocycles. The molecule has 61 heavy (non-hydrogen) atoms. The summed E-state index contributed by atoms with van der Waals surface area (Å²) in [6.45, 7) is 0. The molecule has 12 rings (SSSR count). The van der Waals surface area contributed by atoms with E-state index in [2.05, 4.69) is 205 Å². The fourth-order valence-corrected chi connectivity index (χ4v) is 8.98. The van der Waals surface area contributed by atoms with Gasteiger partial charge in [0.15, 0.2) is 17.5 Å². The monoisotopic (exact) mass is 776 g/mol. The first-order chi connectivity index (χ1) is 30.2. The van der Waals surface area contributed by atoms with Crippen molar-refractivity contribution < 1.29 is 0 Å². The van der Waals surface area contributed by atoms with Gasteiger partial charge in [-0.1, -0.05) is 188 Å². The van der Waals surface area contributed by atoms with Crippen LogP contribution in [0.2, 0.25) is 0 Å². The topological polar surface area (TPSA) is 43.6 Å². The van der Waals surface area contributed by atoms with Gasteiger partial charge in [0.2, 0.25) is 0 Å². The minimum atomic E-state index is 0.621. The van der Waals surface area contributed by atoms with E-state index in [4.69, 9.17) is 15.0 Å². The molecule has 4 nitrogen and oxygen atoms in total. The third-order valence-electron chi connectivity index (χ3n) is 12.0. The van der Waals surface area contributed by atoms with E-state index in [1.807, 2.05) is 18.2 Å². The van der Waals surface area contributed by atoms with Gasteiger partial charge in [-0.05, 0) is 74.0 Å². The van der Waals surface area contributed by atoms with E-state index in [9.17, 15) is 0 Å². The molecule has 12 aromatic rings. The number of hydrogen-bond donors (Lipinski definition) is 0. The molecule has 4 heteroatoms. The molecule has 0 aliphatic carbocycles. The molecule has 0 aliphatic rings. The first-order valence-corrected chi connectivity index (χ1v) is 20.7. The maximum atomic E-state index is 5.17. The summed E-state index contributed by atoms with van der Waals surface area (Å²) in [4.78, 5) is 15.3. The first kappa shape index (κ1) is 34.8. The normalized spacial score (nSPS) is 11.6. The SMILES string of the molecule is c1ccc(-c2nc(-c3ccc(-c4ccc5ccccc5c4)cc3)nc(-c3cccc(-c4ccccc4-n4c5cc6ccccc6cc5c5ccc6ccccc6c54)c3)n2)cc1. The van der Waals surface area contributed by atoms with E-state index in [1.54, 1.807) is 0 Å². The van der Waals surface area contributed by atoms with Crippen LogP contribution in [-0.2, 0) is 0 Å². The van der Waals surface area contributed by atoms with Crippen molar-refractivity contribution >= 4 is 54.1 Å². The molecule has 0 fully saturated rings. The second kappa shape index (κ2) is 14.3. The largest absolute Gasteiger partial charge is 0.308 e. The summed E-state index contributed by atoms with van der Waals surface area (Å²) in [5, 5.41) is 9.81. The summed E-state index contributed by atoms with van der Waals surface area (Å²) in [5.41, 5.74) is 10.8. The van der Waals surface area contributed by atoms with Gasteiger partial charge in [-0.15, -0.1) is 0 Å². The molecule has 0 N–H and O–H groups in total. The second-order valence-electron chi connectivity index (χ2n) is 15.6. The molecule has 0 saturated heterocycles. The minimum Gasteiger partial charge on any atom is -0.308 e. The van der Waals surface area contributed by atoms with Crippen molar-refractivity contribution in [3.63, 3.8) is 0 Å². The van der Waals surface area contributed by atoms with Crippen LogP contribution in [0.4, 0.5) is 0 Å². The number of rotatable bonds is 6. The fourth-order valence-electron chi connectivity index (χ4n) is 8.98. The van der Waals surface area contributed by atoms with Crippen molar-refractivity contribution in [1.29, 1.82) is 0 Å². The van der Waals surface area contributed by atoms with Crippen molar-refractivity contribution in [2.45, 2.75) is 0 Å². The molecule has 0 radical (unpaired) electrons. The van der Waals surface area contributed by atoms with Crippen LogP contribution in [-0.4, -0.2) is 19.5 Å². The van der Waals surface area contributed by atoms with Gasteiger partial charge >= 0.3 is 0 Å². The number of benzene rings is 10. The quantitative estimate of drug-likeness (QED) is 0.169. The molecule has 10 aromatic carbocycles. The van der Waals surface area contributed by atoms with Crippen molar-refractivity contribution in [2.75, 3.05) is 0 Å². The molecular weight excluding hydrogens is 741 g/mol. The van der Waals surface area contributed by atoms with Crippen molar-refractivity contribution in [3.8, 4) is 62.1 Å². The van der Waals surface area contributed by atoms with Crippen molar-refractivity contribution in [1.82, 2.24) is 19.5 Å². The highest BCUT2D eigenvalue weighted by molar-refractivity contribution is 6.21. The highest BCUT2D eigenvalue weighted by atomic mass is 15.0. The smallest absolute Gasteiger partial charge is 0.164 e. The number of hydrogen-bond acceptors (Lipinski definition) is 3. The zero-order chi connectivity index (χ0) is 40.3. The number of fused-ring (bicyclic) bond motifs is 7. The summed E-state index contributed by atoms with van der Waals surface area (Å²) in [6, 6.07) is 77.7. The van der Waals surface area contributed by atoms with E-state index < -0.39 is 0 Å². The van der Waals surface area contributed by atoms with Gasteiger partial charge in [0.1, 0.15) is 0 Å². The highest BCUT2D eigenvalue weighted by Gasteiger charge is 2.20. The van der Waals surface area contributed by atoms with Crippen LogP contribution in [0.5, 0.6) is 0 Å². The van der Waals surface area contributed by atoms with E-state index in [-0.39, 0.29) is 0 Å². The predicted octanol–water partition coefficient (Wildman–Crippen LogP) is 14.8. The lowest BCUT2D eigenvalue weighted by Crippen LogP contribution is -2.01.